The first-order valence-corrected chi connectivity index (χ1v) is 5.16. The van der Waals surface area contributed by atoms with Crippen molar-refractivity contribution in [2.75, 3.05) is 0 Å². The lowest BCUT2D eigenvalue weighted by Gasteiger charge is -2.04. The zero-order valence-electron chi connectivity index (χ0n) is 8.83. The van der Waals surface area contributed by atoms with Gasteiger partial charge in [-0.3, -0.25) is 14.0 Å². The Morgan fingerprint density at radius 1 is 1.12 bits per heavy atom. The first-order valence-electron chi connectivity index (χ1n) is 5.16. The lowest BCUT2D eigenvalue weighted by molar-refractivity contribution is 0.112. The lowest BCUT2D eigenvalue weighted by Crippen LogP contribution is -2.16. The van der Waals surface area contributed by atoms with E-state index in [1.54, 1.807) is 36.5 Å². The number of fused-ring (bicyclic) bond motifs is 2. The van der Waals surface area contributed by atoms with E-state index in [4.69, 9.17) is 0 Å². The number of aromatic nitrogens is 2. The number of rotatable bonds is 1. The van der Waals surface area contributed by atoms with Crippen LogP contribution < -0.4 is 5.56 Å². The highest BCUT2D eigenvalue weighted by molar-refractivity contribution is 5.87. The van der Waals surface area contributed by atoms with Gasteiger partial charge in [0.05, 0.1) is 16.5 Å². The second-order valence-electron chi connectivity index (χ2n) is 3.71. The molecule has 0 aliphatic rings. The van der Waals surface area contributed by atoms with Crippen LogP contribution in [0.2, 0.25) is 0 Å². The van der Waals surface area contributed by atoms with Gasteiger partial charge in [-0.15, -0.1) is 0 Å². The number of hydrogen-bond acceptors (Lipinski definition) is 3. The number of hydrogen-bond donors (Lipinski definition) is 0. The van der Waals surface area contributed by atoms with E-state index in [0.717, 1.165) is 0 Å². The highest BCUT2D eigenvalue weighted by Gasteiger charge is 2.07. The molecule has 3 rings (SSSR count). The quantitative estimate of drug-likeness (QED) is 0.466. The monoisotopic (exact) mass is 224 g/mol. The van der Waals surface area contributed by atoms with Crippen molar-refractivity contribution in [2.24, 2.45) is 0 Å². The van der Waals surface area contributed by atoms with Crippen LogP contribution >= 0.6 is 0 Å². The molecule has 4 nitrogen and oxygen atoms in total. The lowest BCUT2D eigenvalue weighted by atomic mass is 10.2. The summed E-state index contributed by atoms with van der Waals surface area (Å²) in [6.07, 6.45) is 2.32. The van der Waals surface area contributed by atoms with E-state index in [1.165, 1.54) is 4.40 Å². The third kappa shape index (κ3) is 1.34. The van der Waals surface area contributed by atoms with Gasteiger partial charge in [-0.1, -0.05) is 12.1 Å². The number of nitrogens with zero attached hydrogens (tertiary/aromatic N) is 2. The van der Waals surface area contributed by atoms with Crippen LogP contribution in [0.15, 0.2) is 47.4 Å². The molecule has 0 aliphatic heterocycles. The Morgan fingerprint density at radius 3 is 2.76 bits per heavy atom. The van der Waals surface area contributed by atoms with Crippen molar-refractivity contribution in [1.82, 2.24) is 9.38 Å². The Hall–Kier alpha value is -2.49. The molecule has 0 spiro atoms. The van der Waals surface area contributed by atoms with Gasteiger partial charge in [-0.2, -0.15) is 0 Å². The molecule has 0 aliphatic carbocycles. The van der Waals surface area contributed by atoms with Crippen LogP contribution in [0.4, 0.5) is 0 Å². The second-order valence-corrected chi connectivity index (χ2v) is 3.71. The molecular weight excluding hydrogens is 216 g/mol. The molecule has 1 aromatic carbocycles. The molecule has 2 aromatic heterocycles. The van der Waals surface area contributed by atoms with Crippen LogP contribution in [-0.2, 0) is 0 Å². The number of para-hydroxylation sites is 1. The van der Waals surface area contributed by atoms with Gasteiger partial charge in [0, 0.05) is 6.20 Å². The molecule has 4 heteroatoms. The minimum atomic E-state index is -0.158. The summed E-state index contributed by atoms with van der Waals surface area (Å²) in [6, 6.07) is 10.4. The average molecular weight is 224 g/mol. The smallest absolute Gasteiger partial charge is 0.265 e. The van der Waals surface area contributed by atoms with E-state index < -0.39 is 0 Å². The zero-order chi connectivity index (χ0) is 11.8. The van der Waals surface area contributed by atoms with E-state index in [2.05, 4.69) is 4.98 Å². The molecule has 3 aromatic rings. The summed E-state index contributed by atoms with van der Waals surface area (Å²) in [7, 11) is 0. The van der Waals surface area contributed by atoms with Gasteiger partial charge >= 0.3 is 0 Å². The van der Waals surface area contributed by atoms with Crippen LogP contribution in [0.1, 0.15) is 10.4 Å². The first-order chi connectivity index (χ1) is 8.31. The van der Waals surface area contributed by atoms with Gasteiger partial charge in [0.1, 0.15) is 0 Å². The summed E-state index contributed by atoms with van der Waals surface area (Å²) < 4.78 is 1.39. The summed E-state index contributed by atoms with van der Waals surface area (Å²) >= 11 is 0. The number of pyridine rings is 1. The van der Waals surface area contributed by atoms with E-state index in [-0.39, 0.29) is 5.56 Å². The van der Waals surface area contributed by atoms with Crippen molar-refractivity contribution in [3.8, 4) is 0 Å². The maximum atomic E-state index is 12.2. The molecule has 0 bridgehead atoms. The van der Waals surface area contributed by atoms with E-state index in [0.29, 0.717) is 28.4 Å². The fourth-order valence-corrected chi connectivity index (χ4v) is 1.89. The SMILES string of the molecule is O=Cc1cccn2c(=O)c3ccccc3nc12. The number of carbonyl (C=O) groups is 1. The minimum absolute atomic E-state index is 0.158. The molecule has 17 heavy (non-hydrogen) atoms. The van der Waals surface area contributed by atoms with Crippen molar-refractivity contribution in [3.05, 3.63) is 58.5 Å². The van der Waals surface area contributed by atoms with Crippen molar-refractivity contribution in [3.63, 3.8) is 0 Å². The predicted molar refractivity (Wildman–Crippen MR) is 64.4 cm³/mol. The van der Waals surface area contributed by atoms with E-state index >= 15 is 0 Å². The average Bonchev–Trinajstić information content (AvgIpc) is 2.38. The summed E-state index contributed by atoms with van der Waals surface area (Å²) in [6.45, 7) is 0. The molecule has 2 heterocycles. The third-order valence-corrected chi connectivity index (χ3v) is 2.70. The van der Waals surface area contributed by atoms with Gasteiger partial charge in [-0.05, 0) is 24.3 Å². The van der Waals surface area contributed by atoms with Crippen LogP contribution in [0.3, 0.4) is 0 Å². The standard InChI is InChI=1S/C13H8N2O2/c16-8-9-4-3-7-15-12(9)14-11-6-2-1-5-10(11)13(15)17/h1-8H. The van der Waals surface area contributed by atoms with Crippen molar-refractivity contribution < 1.29 is 4.79 Å². The first kappa shape index (κ1) is 9.72. The van der Waals surface area contributed by atoms with Gasteiger partial charge in [-0.25, -0.2) is 4.98 Å². The number of benzene rings is 1. The topological polar surface area (TPSA) is 51.4 Å². The van der Waals surface area contributed by atoms with Gasteiger partial charge < -0.3 is 0 Å². The Morgan fingerprint density at radius 2 is 1.94 bits per heavy atom. The Balaban J connectivity index is 2.64. The minimum Gasteiger partial charge on any atom is -0.298 e. The van der Waals surface area contributed by atoms with Crippen LogP contribution in [0.5, 0.6) is 0 Å². The highest BCUT2D eigenvalue weighted by Crippen LogP contribution is 2.10. The molecule has 0 unspecified atom stereocenters. The Bertz CT molecular complexity index is 790. The van der Waals surface area contributed by atoms with Gasteiger partial charge in [0.15, 0.2) is 11.9 Å². The maximum absolute atomic E-state index is 12.2. The normalized spacial score (nSPS) is 10.8. The van der Waals surface area contributed by atoms with Gasteiger partial charge in [0.25, 0.3) is 5.56 Å². The van der Waals surface area contributed by atoms with Crippen LogP contribution in [0.25, 0.3) is 16.6 Å². The molecular formula is C13H8N2O2. The highest BCUT2D eigenvalue weighted by atomic mass is 16.1. The Labute approximate surface area is 96.1 Å². The van der Waals surface area contributed by atoms with Crippen LogP contribution in [0, 0.1) is 0 Å². The molecule has 0 atom stereocenters. The number of carbonyl (C=O) groups excluding carboxylic acids is 1. The number of aldehydes is 1. The molecule has 0 saturated heterocycles. The fraction of sp³-hybridized carbons (Fsp3) is 0. The summed E-state index contributed by atoms with van der Waals surface area (Å²) in [5.74, 6) is 0. The second kappa shape index (κ2) is 3.52. The summed E-state index contributed by atoms with van der Waals surface area (Å²) in [4.78, 5) is 27.4. The molecule has 0 saturated carbocycles. The van der Waals surface area contributed by atoms with E-state index in [1.807, 2.05) is 6.07 Å². The van der Waals surface area contributed by atoms with Gasteiger partial charge in [0.2, 0.25) is 0 Å². The Kier molecular flexibility index (Phi) is 2.01. The largest absolute Gasteiger partial charge is 0.298 e. The third-order valence-electron chi connectivity index (χ3n) is 2.70. The molecule has 0 N–H and O–H groups in total. The molecule has 82 valence electrons. The van der Waals surface area contributed by atoms with E-state index in [9.17, 15) is 9.59 Å². The zero-order valence-corrected chi connectivity index (χ0v) is 8.83. The van der Waals surface area contributed by atoms with Crippen molar-refractivity contribution in [1.29, 1.82) is 0 Å². The maximum Gasteiger partial charge on any atom is 0.265 e. The fourth-order valence-electron chi connectivity index (χ4n) is 1.89. The van der Waals surface area contributed by atoms with Crippen LogP contribution in [-0.4, -0.2) is 15.7 Å². The molecule has 0 radical (unpaired) electrons. The molecule has 0 amide bonds. The van der Waals surface area contributed by atoms with Crippen molar-refractivity contribution >= 4 is 22.8 Å². The predicted octanol–water partition coefficient (Wildman–Crippen LogP) is 1.66. The summed E-state index contributed by atoms with van der Waals surface area (Å²) in [5, 5.41) is 0.549. The van der Waals surface area contributed by atoms with Crippen molar-refractivity contribution in [2.45, 2.75) is 0 Å². The molecule has 0 fully saturated rings. The summed E-state index contributed by atoms with van der Waals surface area (Å²) in [5.41, 5.74) is 1.25.